The minimum absolute atomic E-state index is 0.260. The molecule has 0 rings (SSSR count). The zero-order valence-corrected chi connectivity index (χ0v) is 10.9. The molecule has 0 saturated carbocycles. The molecule has 0 bridgehead atoms. The fourth-order valence-corrected chi connectivity index (χ4v) is 1.95. The van der Waals surface area contributed by atoms with Crippen LogP contribution in [-0.4, -0.2) is 23.8 Å². The van der Waals surface area contributed by atoms with Gasteiger partial charge < -0.3 is 10.4 Å². The minimum atomic E-state index is 0.260. The molecule has 2 nitrogen and oxygen atoms in total. The van der Waals surface area contributed by atoms with Crippen molar-refractivity contribution in [1.29, 1.82) is 0 Å². The second-order valence-corrected chi connectivity index (χ2v) is 5.07. The molecule has 0 spiro atoms. The summed E-state index contributed by atoms with van der Waals surface area (Å²) in [5, 5.41) is 12.7. The molecule has 0 aliphatic rings. The second kappa shape index (κ2) is 9.17. The summed E-state index contributed by atoms with van der Waals surface area (Å²) >= 11 is 0. The van der Waals surface area contributed by atoms with Gasteiger partial charge in [-0.05, 0) is 25.7 Å². The van der Waals surface area contributed by atoms with Crippen molar-refractivity contribution in [1.82, 2.24) is 5.32 Å². The number of aliphatic hydroxyl groups excluding tert-OH is 1. The van der Waals surface area contributed by atoms with E-state index in [9.17, 15) is 5.11 Å². The molecule has 0 heterocycles. The van der Waals surface area contributed by atoms with Crippen molar-refractivity contribution < 1.29 is 5.11 Å². The van der Waals surface area contributed by atoms with Gasteiger partial charge in [0, 0.05) is 12.1 Å². The molecule has 2 heteroatoms. The Hall–Kier alpha value is -0.0800. The van der Waals surface area contributed by atoms with Crippen LogP contribution in [0.3, 0.4) is 0 Å². The Labute approximate surface area is 95.5 Å². The number of unbranched alkanes of at least 4 members (excludes halogenated alkanes) is 2. The number of aliphatic hydroxyl groups is 1. The standard InChI is InChI=1S/C13H29NO/c1-5-6-7-8-12(4)14-13(10-15)9-11(2)3/h11-15H,5-10H2,1-4H3/t12-,13-/m0/s1. The van der Waals surface area contributed by atoms with Crippen molar-refractivity contribution in [3.05, 3.63) is 0 Å². The van der Waals surface area contributed by atoms with E-state index >= 15 is 0 Å². The van der Waals surface area contributed by atoms with E-state index in [0.717, 1.165) is 6.42 Å². The average Bonchev–Trinajstić information content (AvgIpc) is 2.16. The first kappa shape index (κ1) is 14.9. The second-order valence-electron chi connectivity index (χ2n) is 5.07. The maximum absolute atomic E-state index is 9.23. The lowest BCUT2D eigenvalue weighted by Crippen LogP contribution is -2.39. The molecule has 92 valence electrons. The molecule has 0 aliphatic carbocycles. The normalized spacial score (nSPS) is 15.6. The summed E-state index contributed by atoms with van der Waals surface area (Å²) in [5.74, 6) is 0.650. The molecule has 0 unspecified atom stereocenters. The fraction of sp³-hybridized carbons (Fsp3) is 1.00. The number of nitrogens with one attached hydrogen (secondary N) is 1. The Bertz CT molecular complexity index is 136. The molecule has 0 aromatic carbocycles. The van der Waals surface area contributed by atoms with Crippen LogP contribution < -0.4 is 5.32 Å². The summed E-state index contributed by atoms with van der Waals surface area (Å²) in [6, 6.07) is 0.814. The third-order valence-corrected chi connectivity index (χ3v) is 2.74. The summed E-state index contributed by atoms with van der Waals surface area (Å²) in [7, 11) is 0. The molecule has 0 radical (unpaired) electrons. The predicted octanol–water partition coefficient (Wildman–Crippen LogP) is 2.95. The van der Waals surface area contributed by atoms with Gasteiger partial charge in [0.05, 0.1) is 6.61 Å². The van der Waals surface area contributed by atoms with Gasteiger partial charge in [-0.15, -0.1) is 0 Å². The van der Waals surface area contributed by atoms with E-state index in [1.54, 1.807) is 0 Å². The number of hydrogen-bond donors (Lipinski definition) is 2. The number of rotatable bonds is 9. The van der Waals surface area contributed by atoms with Crippen molar-refractivity contribution in [2.75, 3.05) is 6.61 Å². The Morgan fingerprint density at radius 1 is 1.13 bits per heavy atom. The average molecular weight is 215 g/mol. The van der Waals surface area contributed by atoms with Gasteiger partial charge in [-0.2, -0.15) is 0 Å². The molecule has 0 fully saturated rings. The molecule has 2 atom stereocenters. The van der Waals surface area contributed by atoms with Gasteiger partial charge in [0.2, 0.25) is 0 Å². The van der Waals surface area contributed by atoms with Gasteiger partial charge in [0.15, 0.2) is 0 Å². The Balaban J connectivity index is 3.65. The summed E-state index contributed by atoms with van der Waals surface area (Å²) in [6.45, 7) is 9.11. The maximum Gasteiger partial charge on any atom is 0.0584 e. The van der Waals surface area contributed by atoms with Crippen molar-refractivity contribution >= 4 is 0 Å². The fourth-order valence-electron chi connectivity index (χ4n) is 1.95. The van der Waals surface area contributed by atoms with E-state index in [1.807, 2.05) is 0 Å². The van der Waals surface area contributed by atoms with Crippen LogP contribution >= 0.6 is 0 Å². The molecular weight excluding hydrogens is 186 g/mol. The summed E-state index contributed by atoms with van der Waals surface area (Å²) in [5.41, 5.74) is 0. The Morgan fingerprint density at radius 2 is 1.80 bits per heavy atom. The van der Waals surface area contributed by atoms with Crippen LogP contribution in [0.4, 0.5) is 0 Å². The van der Waals surface area contributed by atoms with Gasteiger partial charge >= 0.3 is 0 Å². The topological polar surface area (TPSA) is 32.3 Å². The maximum atomic E-state index is 9.23. The Morgan fingerprint density at radius 3 is 2.27 bits per heavy atom. The summed E-state index contributed by atoms with van der Waals surface area (Å²) < 4.78 is 0. The first-order chi connectivity index (χ1) is 7.10. The zero-order chi connectivity index (χ0) is 11.7. The molecule has 0 aromatic rings. The van der Waals surface area contributed by atoms with Crippen molar-refractivity contribution in [2.45, 2.75) is 71.9 Å². The SMILES string of the molecule is CCCCC[C@H](C)N[C@H](CO)CC(C)C. The van der Waals surface area contributed by atoms with Crippen LogP contribution in [0.5, 0.6) is 0 Å². The van der Waals surface area contributed by atoms with Gasteiger partial charge in [0.1, 0.15) is 0 Å². The molecule has 0 saturated heterocycles. The largest absolute Gasteiger partial charge is 0.395 e. The highest BCUT2D eigenvalue weighted by Gasteiger charge is 2.12. The third-order valence-electron chi connectivity index (χ3n) is 2.74. The molecule has 2 N–H and O–H groups in total. The van der Waals surface area contributed by atoms with E-state index in [0.29, 0.717) is 12.0 Å². The molecule has 0 aliphatic heterocycles. The lowest BCUT2D eigenvalue weighted by molar-refractivity contribution is 0.212. The monoisotopic (exact) mass is 215 g/mol. The predicted molar refractivity (Wildman–Crippen MR) is 67.1 cm³/mol. The quantitative estimate of drug-likeness (QED) is 0.580. The van der Waals surface area contributed by atoms with Crippen LogP contribution in [0.2, 0.25) is 0 Å². The van der Waals surface area contributed by atoms with Crippen molar-refractivity contribution in [3.8, 4) is 0 Å². The van der Waals surface area contributed by atoms with Gasteiger partial charge in [-0.25, -0.2) is 0 Å². The van der Waals surface area contributed by atoms with Gasteiger partial charge in [0.25, 0.3) is 0 Å². The van der Waals surface area contributed by atoms with Crippen molar-refractivity contribution in [3.63, 3.8) is 0 Å². The van der Waals surface area contributed by atoms with E-state index in [4.69, 9.17) is 0 Å². The highest BCUT2D eigenvalue weighted by Crippen LogP contribution is 2.08. The Kier molecular flexibility index (Phi) is 9.12. The first-order valence-electron chi connectivity index (χ1n) is 6.47. The summed E-state index contributed by atoms with van der Waals surface area (Å²) in [6.07, 6.45) is 6.18. The van der Waals surface area contributed by atoms with E-state index in [-0.39, 0.29) is 12.6 Å². The van der Waals surface area contributed by atoms with Crippen LogP contribution in [0.15, 0.2) is 0 Å². The third kappa shape index (κ3) is 8.88. The van der Waals surface area contributed by atoms with Crippen LogP contribution in [0.1, 0.15) is 59.8 Å². The van der Waals surface area contributed by atoms with Gasteiger partial charge in [-0.3, -0.25) is 0 Å². The lowest BCUT2D eigenvalue weighted by Gasteiger charge is -2.23. The minimum Gasteiger partial charge on any atom is -0.395 e. The van der Waals surface area contributed by atoms with Crippen LogP contribution in [0.25, 0.3) is 0 Å². The number of hydrogen-bond acceptors (Lipinski definition) is 2. The zero-order valence-electron chi connectivity index (χ0n) is 10.9. The first-order valence-corrected chi connectivity index (χ1v) is 6.47. The smallest absolute Gasteiger partial charge is 0.0584 e. The van der Waals surface area contributed by atoms with E-state index in [2.05, 4.69) is 33.0 Å². The highest BCUT2D eigenvalue weighted by molar-refractivity contribution is 4.72. The molecule has 0 amide bonds. The van der Waals surface area contributed by atoms with Crippen LogP contribution in [-0.2, 0) is 0 Å². The lowest BCUT2D eigenvalue weighted by atomic mass is 10.0. The highest BCUT2D eigenvalue weighted by atomic mass is 16.3. The van der Waals surface area contributed by atoms with Gasteiger partial charge in [-0.1, -0.05) is 40.0 Å². The summed E-state index contributed by atoms with van der Waals surface area (Å²) in [4.78, 5) is 0. The molecule has 15 heavy (non-hydrogen) atoms. The van der Waals surface area contributed by atoms with E-state index in [1.165, 1.54) is 25.7 Å². The van der Waals surface area contributed by atoms with E-state index < -0.39 is 0 Å². The molecule has 0 aromatic heterocycles. The molecular formula is C13H29NO. The van der Waals surface area contributed by atoms with Crippen molar-refractivity contribution in [2.24, 2.45) is 5.92 Å². The van der Waals surface area contributed by atoms with Crippen LogP contribution in [0, 0.1) is 5.92 Å².